The third-order valence-electron chi connectivity index (χ3n) is 3.58. The van der Waals surface area contributed by atoms with Gasteiger partial charge < -0.3 is 24.7 Å². The normalized spacial score (nSPS) is 13.0. The molecule has 5 nitrogen and oxygen atoms in total. The van der Waals surface area contributed by atoms with Gasteiger partial charge in [-0.25, -0.2) is 0 Å². The molecule has 2 N–H and O–H groups in total. The first kappa shape index (κ1) is 17.9. The summed E-state index contributed by atoms with van der Waals surface area (Å²) in [6.07, 6.45) is 0. The van der Waals surface area contributed by atoms with Crippen molar-refractivity contribution in [1.29, 1.82) is 0 Å². The summed E-state index contributed by atoms with van der Waals surface area (Å²) in [5.74, 6) is 2.56. The summed E-state index contributed by atoms with van der Waals surface area (Å²) >= 11 is 0. The average molecular weight is 331 g/mol. The highest BCUT2D eigenvalue weighted by Crippen LogP contribution is 2.37. The van der Waals surface area contributed by atoms with E-state index in [9.17, 15) is 0 Å². The molecule has 24 heavy (non-hydrogen) atoms. The number of rotatable bonds is 8. The lowest BCUT2D eigenvalue weighted by molar-refractivity contribution is 0.153. The second kappa shape index (κ2) is 7.93. The minimum absolute atomic E-state index is 0.260. The van der Waals surface area contributed by atoms with E-state index in [0.717, 1.165) is 11.3 Å². The van der Waals surface area contributed by atoms with Crippen LogP contribution in [0.1, 0.15) is 12.5 Å². The van der Waals surface area contributed by atoms with Crippen LogP contribution < -0.4 is 24.7 Å². The molecule has 0 saturated carbocycles. The molecule has 0 fully saturated rings. The van der Waals surface area contributed by atoms with Gasteiger partial charge in [0.05, 0.1) is 19.8 Å². The van der Waals surface area contributed by atoms with Crippen molar-refractivity contribution in [2.24, 2.45) is 5.73 Å². The Morgan fingerprint density at radius 1 is 0.833 bits per heavy atom. The van der Waals surface area contributed by atoms with Gasteiger partial charge in [0.25, 0.3) is 0 Å². The molecule has 0 saturated heterocycles. The van der Waals surface area contributed by atoms with Crippen molar-refractivity contribution >= 4 is 0 Å². The van der Waals surface area contributed by atoms with E-state index >= 15 is 0 Å². The van der Waals surface area contributed by atoms with E-state index in [4.69, 9.17) is 24.7 Å². The maximum absolute atomic E-state index is 6.31. The largest absolute Gasteiger partial charge is 0.493 e. The highest BCUT2D eigenvalue weighted by Gasteiger charge is 2.23. The lowest BCUT2D eigenvalue weighted by Crippen LogP contribution is -2.47. The van der Waals surface area contributed by atoms with Crippen molar-refractivity contribution in [3.05, 3.63) is 48.0 Å². The van der Waals surface area contributed by atoms with Crippen molar-refractivity contribution in [2.45, 2.75) is 19.4 Å². The van der Waals surface area contributed by atoms with E-state index in [1.54, 1.807) is 14.2 Å². The van der Waals surface area contributed by atoms with Gasteiger partial charge in [0.1, 0.15) is 19.0 Å². The third-order valence-corrected chi connectivity index (χ3v) is 3.58. The quantitative estimate of drug-likeness (QED) is 0.805. The third kappa shape index (κ3) is 4.55. The van der Waals surface area contributed by atoms with Crippen LogP contribution in [-0.2, 0) is 0 Å². The van der Waals surface area contributed by atoms with Gasteiger partial charge in [0, 0.05) is 0 Å². The van der Waals surface area contributed by atoms with E-state index in [0.29, 0.717) is 23.9 Å². The highest BCUT2D eigenvalue weighted by atomic mass is 16.5. The van der Waals surface area contributed by atoms with Crippen molar-refractivity contribution in [2.75, 3.05) is 27.4 Å². The molecule has 0 spiro atoms. The van der Waals surface area contributed by atoms with E-state index in [2.05, 4.69) is 0 Å². The summed E-state index contributed by atoms with van der Waals surface area (Å²) in [4.78, 5) is 0. The zero-order valence-electron chi connectivity index (χ0n) is 14.7. The second-order valence-electron chi connectivity index (χ2n) is 5.99. The van der Waals surface area contributed by atoms with Crippen molar-refractivity contribution in [3.8, 4) is 23.0 Å². The summed E-state index contributed by atoms with van der Waals surface area (Å²) in [5, 5.41) is 0. The van der Waals surface area contributed by atoms with Crippen molar-refractivity contribution in [3.63, 3.8) is 0 Å². The maximum Gasteiger partial charge on any atom is 0.203 e. The van der Waals surface area contributed by atoms with Crippen LogP contribution in [0, 0.1) is 6.92 Å². The molecule has 0 amide bonds. The van der Waals surface area contributed by atoms with Gasteiger partial charge in [0.2, 0.25) is 5.75 Å². The summed E-state index contributed by atoms with van der Waals surface area (Å²) < 4.78 is 22.4. The number of para-hydroxylation sites is 2. The summed E-state index contributed by atoms with van der Waals surface area (Å²) in [6, 6.07) is 13.3. The van der Waals surface area contributed by atoms with E-state index in [1.165, 1.54) is 0 Å². The fourth-order valence-electron chi connectivity index (χ4n) is 2.20. The SMILES string of the molecule is COc1cccc(OC)c1OCC(C)(N)COc1ccccc1C. The summed E-state index contributed by atoms with van der Waals surface area (Å²) in [7, 11) is 3.18. The first-order valence-electron chi connectivity index (χ1n) is 7.78. The van der Waals surface area contributed by atoms with Crippen LogP contribution in [0.25, 0.3) is 0 Å². The average Bonchev–Trinajstić information content (AvgIpc) is 2.59. The molecule has 0 aliphatic rings. The second-order valence-corrected chi connectivity index (χ2v) is 5.99. The number of hydrogen-bond acceptors (Lipinski definition) is 5. The molecule has 0 heterocycles. The Balaban J connectivity index is 2.01. The standard InChI is InChI=1S/C19H25NO4/c1-14-8-5-6-9-15(14)23-12-19(2,20)13-24-18-16(21-3)10-7-11-17(18)22-4/h5-11H,12-13,20H2,1-4H3. The van der Waals surface area contributed by atoms with Crippen LogP contribution in [0.2, 0.25) is 0 Å². The van der Waals surface area contributed by atoms with Crippen LogP contribution in [-0.4, -0.2) is 33.0 Å². The number of hydrogen-bond donors (Lipinski definition) is 1. The Labute approximate surface area is 143 Å². The number of methoxy groups -OCH3 is 2. The first-order chi connectivity index (χ1) is 11.5. The van der Waals surface area contributed by atoms with Gasteiger partial charge in [-0.2, -0.15) is 0 Å². The molecule has 0 radical (unpaired) electrons. The monoisotopic (exact) mass is 331 g/mol. The van der Waals surface area contributed by atoms with Gasteiger partial charge in [-0.3, -0.25) is 0 Å². The van der Waals surface area contributed by atoms with Crippen molar-refractivity contribution < 1.29 is 18.9 Å². The Hall–Kier alpha value is -2.40. The Morgan fingerprint density at radius 2 is 1.38 bits per heavy atom. The minimum atomic E-state index is -0.672. The number of benzene rings is 2. The van der Waals surface area contributed by atoms with Crippen LogP contribution in [0.5, 0.6) is 23.0 Å². The Bertz CT molecular complexity index is 648. The van der Waals surface area contributed by atoms with E-state index in [-0.39, 0.29) is 6.61 Å². The van der Waals surface area contributed by atoms with Crippen LogP contribution in [0.15, 0.2) is 42.5 Å². The van der Waals surface area contributed by atoms with Crippen LogP contribution in [0.3, 0.4) is 0 Å². The molecular weight excluding hydrogens is 306 g/mol. The van der Waals surface area contributed by atoms with Crippen molar-refractivity contribution in [1.82, 2.24) is 0 Å². The zero-order chi connectivity index (χ0) is 17.6. The molecule has 2 rings (SSSR count). The Morgan fingerprint density at radius 3 is 1.96 bits per heavy atom. The predicted octanol–water partition coefficient (Wildman–Crippen LogP) is 3.19. The van der Waals surface area contributed by atoms with E-state index < -0.39 is 5.54 Å². The molecule has 0 aliphatic carbocycles. The van der Waals surface area contributed by atoms with Crippen LogP contribution >= 0.6 is 0 Å². The molecule has 2 aromatic carbocycles. The molecule has 1 atom stereocenters. The fourth-order valence-corrected chi connectivity index (χ4v) is 2.20. The zero-order valence-corrected chi connectivity index (χ0v) is 14.7. The molecule has 0 bridgehead atoms. The predicted molar refractivity (Wildman–Crippen MR) is 94.3 cm³/mol. The molecule has 1 unspecified atom stereocenters. The van der Waals surface area contributed by atoms with Gasteiger partial charge in [-0.15, -0.1) is 0 Å². The molecule has 2 aromatic rings. The van der Waals surface area contributed by atoms with Gasteiger partial charge >= 0.3 is 0 Å². The molecule has 0 aliphatic heterocycles. The summed E-state index contributed by atoms with van der Waals surface area (Å²) in [5.41, 5.74) is 6.71. The first-order valence-corrected chi connectivity index (χ1v) is 7.78. The van der Waals surface area contributed by atoms with Gasteiger partial charge in [0.15, 0.2) is 11.5 Å². The molecule has 130 valence electrons. The maximum atomic E-state index is 6.31. The molecular formula is C19H25NO4. The van der Waals surface area contributed by atoms with Gasteiger partial charge in [-0.05, 0) is 37.6 Å². The van der Waals surface area contributed by atoms with Crippen LogP contribution in [0.4, 0.5) is 0 Å². The highest BCUT2D eigenvalue weighted by molar-refractivity contribution is 5.51. The topological polar surface area (TPSA) is 62.9 Å². The number of aryl methyl sites for hydroxylation is 1. The number of nitrogens with two attached hydrogens (primary N) is 1. The lowest BCUT2D eigenvalue weighted by Gasteiger charge is -2.26. The smallest absolute Gasteiger partial charge is 0.203 e. The van der Waals surface area contributed by atoms with Gasteiger partial charge in [-0.1, -0.05) is 24.3 Å². The van der Waals surface area contributed by atoms with E-state index in [1.807, 2.05) is 56.3 Å². The summed E-state index contributed by atoms with van der Waals surface area (Å²) in [6.45, 7) is 4.47. The Kier molecular flexibility index (Phi) is 5.93. The fraction of sp³-hybridized carbons (Fsp3) is 0.368. The minimum Gasteiger partial charge on any atom is -0.493 e. The molecule has 5 heteroatoms. The lowest BCUT2D eigenvalue weighted by atomic mass is 10.1. The molecule has 0 aromatic heterocycles. The number of ether oxygens (including phenoxy) is 4.